The third kappa shape index (κ3) is 2.05. The minimum absolute atomic E-state index is 0.0563. The molecule has 0 aliphatic heterocycles. The molecule has 0 spiro atoms. The fourth-order valence-electron chi connectivity index (χ4n) is 0.951. The number of tetrazole rings is 1. The van der Waals surface area contributed by atoms with Crippen LogP contribution in [-0.2, 0) is 0 Å². The molecule has 8 nitrogen and oxygen atoms in total. The number of carbonyl (C=O) groups excluding carboxylic acids is 1. The lowest BCUT2D eigenvalue weighted by Gasteiger charge is -2.00. The number of carbonyl (C=O) groups is 1. The molecular formula is C7H7N7O. The summed E-state index contributed by atoms with van der Waals surface area (Å²) in [5, 5.41) is 14.9. The monoisotopic (exact) mass is 205 g/mol. The summed E-state index contributed by atoms with van der Waals surface area (Å²) in [6.45, 7) is 0. The molecule has 0 unspecified atom stereocenters. The number of amides is 1. The van der Waals surface area contributed by atoms with Gasteiger partial charge in [0.1, 0.15) is 11.6 Å². The first-order valence-electron chi connectivity index (χ1n) is 4.03. The molecule has 0 fully saturated rings. The summed E-state index contributed by atoms with van der Waals surface area (Å²) in [6.07, 6.45) is 0. The number of rotatable bonds is 2. The van der Waals surface area contributed by atoms with Gasteiger partial charge in [-0.2, -0.15) is 5.21 Å². The Bertz CT molecular complexity index is 466. The Labute approximate surface area is 83.9 Å². The van der Waals surface area contributed by atoms with E-state index in [9.17, 15) is 4.79 Å². The van der Waals surface area contributed by atoms with Crippen LogP contribution in [0.4, 0.5) is 11.6 Å². The first-order valence-corrected chi connectivity index (χ1v) is 4.03. The highest BCUT2D eigenvalue weighted by Gasteiger charge is 2.10. The van der Waals surface area contributed by atoms with E-state index in [1.54, 1.807) is 18.2 Å². The third-order valence-corrected chi connectivity index (χ3v) is 1.56. The van der Waals surface area contributed by atoms with Crippen LogP contribution < -0.4 is 11.1 Å². The zero-order valence-electron chi connectivity index (χ0n) is 7.51. The van der Waals surface area contributed by atoms with Crippen molar-refractivity contribution < 1.29 is 4.79 Å². The molecule has 0 aliphatic rings. The van der Waals surface area contributed by atoms with Crippen LogP contribution in [0.3, 0.4) is 0 Å². The van der Waals surface area contributed by atoms with Crippen molar-refractivity contribution in [3.05, 3.63) is 24.0 Å². The number of hydrogen-bond acceptors (Lipinski definition) is 6. The van der Waals surface area contributed by atoms with Crippen molar-refractivity contribution in [3.63, 3.8) is 0 Å². The summed E-state index contributed by atoms with van der Waals surface area (Å²) < 4.78 is 0. The molecule has 2 aromatic heterocycles. The normalized spacial score (nSPS) is 9.87. The minimum Gasteiger partial charge on any atom is -0.384 e. The van der Waals surface area contributed by atoms with Gasteiger partial charge in [-0.15, -0.1) is 10.2 Å². The Balaban J connectivity index is 2.13. The largest absolute Gasteiger partial charge is 0.384 e. The smallest absolute Gasteiger partial charge is 0.298 e. The number of nitrogens with two attached hydrogens (primary N) is 1. The Morgan fingerprint density at radius 3 is 3.00 bits per heavy atom. The van der Waals surface area contributed by atoms with Crippen molar-refractivity contribution in [3.8, 4) is 0 Å². The number of anilines is 2. The molecule has 2 heterocycles. The Hall–Kier alpha value is -2.51. The molecule has 2 rings (SSSR count). The number of hydrogen-bond donors (Lipinski definition) is 3. The maximum atomic E-state index is 11.4. The van der Waals surface area contributed by atoms with Crippen molar-refractivity contribution in [1.29, 1.82) is 0 Å². The van der Waals surface area contributed by atoms with Gasteiger partial charge in [-0.25, -0.2) is 4.98 Å². The summed E-state index contributed by atoms with van der Waals surface area (Å²) in [6, 6.07) is 4.90. The first-order chi connectivity index (χ1) is 7.25. The van der Waals surface area contributed by atoms with E-state index in [4.69, 9.17) is 5.73 Å². The number of pyridine rings is 1. The lowest BCUT2D eigenvalue weighted by atomic mass is 10.4. The first kappa shape index (κ1) is 9.06. The van der Waals surface area contributed by atoms with E-state index in [1.807, 2.05) is 0 Å². The molecule has 0 aliphatic carbocycles. The third-order valence-electron chi connectivity index (χ3n) is 1.56. The molecule has 15 heavy (non-hydrogen) atoms. The van der Waals surface area contributed by atoms with Crippen molar-refractivity contribution in [1.82, 2.24) is 25.6 Å². The van der Waals surface area contributed by atoms with Gasteiger partial charge in [-0.1, -0.05) is 6.07 Å². The summed E-state index contributed by atoms with van der Waals surface area (Å²) in [7, 11) is 0. The van der Waals surface area contributed by atoms with Gasteiger partial charge in [0.2, 0.25) is 0 Å². The van der Waals surface area contributed by atoms with Gasteiger partial charge in [-0.05, 0) is 17.3 Å². The lowest BCUT2D eigenvalue weighted by molar-refractivity contribution is 0.101. The maximum Gasteiger partial charge on any atom is 0.298 e. The SMILES string of the molecule is Nc1cccc(NC(=O)c2nn[nH]n2)n1. The second-order valence-corrected chi connectivity index (χ2v) is 2.64. The topological polar surface area (TPSA) is 122 Å². The quantitative estimate of drug-likeness (QED) is 0.603. The molecule has 0 atom stereocenters. The highest BCUT2D eigenvalue weighted by molar-refractivity contribution is 6.00. The van der Waals surface area contributed by atoms with E-state index in [0.717, 1.165) is 0 Å². The predicted molar refractivity (Wildman–Crippen MR) is 50.8 cm³/mol. The molecular weight excluding hydrogens is 198 g/mol. The molecule has 1 amide bonds. The maximum absolute atomic E-state index is 11.4. The fraction of sp³-hybridized carbons (Fsp3) is 0. The second-order valence-electron chi connectivity index (χ2n) is 2.64. The molecule has 2 aromatic rings. The lowest BCUT2D eigenvalue weighted by Crippen LogP contribution is -2.15. The standard InChI is InChI=1S/C7H7N7O/c8-4-2-1-3-5(9-4)10-7(15)6-11-13-14-12-6/h1-3H,(H3,8,9,10,15)(H,11,12,13,14). The Morgan fingerprint density at radius 2 is 2.33 bits per heavy atom. The van der Waals surface area contributed by atoms with Crippen LogP contribution in [-0.4, -0.2) is 31.5 Å². The van der Waals surface area contributed by atoms with Crippen LogP contribution >= 0.6 is 0 Å². The van der Waals surface area contributed by atoms with Crippen LogP contribution in [0.25, 0.3) is 0 Å². The fourth-order valence-corrected chi connectivity index (χ4v) is 0.951. The van der Waals surface area contributed by atoms with Crippen LogP contribution in [0.5, 0.6) is 0 Å². The van der Waals surface area contributed by atoms with Gasteiger partial charge in [0.25, 0.3) is 11.7 Å². The number of aromatic amines is 1. The average molecular weight is 205 g/mol. The van der Waals surface area contributed by atoms with Gasteiger partial charge in [0.15, 0.2) is 0 Å². The Kier molecular flexibility index (Phi) is 2.23. The van der Waals surface area contributed by atoms with Crippen LogP contribution in [0.2, 0.25) is 0 Å². The zero-order chi connectivity index (χ0) is 10.7. The van der Waals surface area contributed by atoms with Gasteiger partial charge in [0, 0.05) is 0 Å². The minimum atomic E-state index is -0.498. The van der Waals surface area contributed by atoms with Crippen molar-refractivity contribution in [2.45, 2.75) is 0 Å². The van der Waals surface area contributed by atoms with E-state index in [0.29, 0.717) is 11.6 Å². The van der Waals surface area contributed by atoms with Crippen LogP contribution in [0.1, 0.15) is 10.6 Å². The van der Waals surface area contributed by atoms with Gasteiger partial charge in [0.05, 0.1) is 0 Å². The number of nitrogen functional groups attached to an aromatic ring is 1. The summed E-state index contributed by atoms with van der Waals surface area (Å²) >= 11 is 0. The van der Waals surface area contributed by atoms with E-state index >= 15 is 0 Å². The van der Waals surface area contributed by atoms with Gasteiger partial charge >= 0.3 is 0 Å². The van der Waals surface area contributed by atoms with Crippen molar-refractivity contribution >= 4 is 17.5 Å². The summed E-state index contributed by atoms with van der Waals surface area (Å²) in [4.78, 5) is 15.3. The van der Waals surface area contributed by atoms with Crippen LogP contribution in [0.15, 0.2) is 18.2 Å². The number of aromatic nitrogens is 5. The van der Waals surface area contributed by atoms with Crippen molar-refractivity contribution in [2.75, 3.05) is 11.1 Å². The predicted octanol–water partition coefficient (Wildman–Crippen LogP) is -0.571. The number of H-pyrrole nitrogens is 1. The highest BCUT2D eigenvalue weighted by atomic mass is 16.2. The molecule has 0 saturated heterocycles. The van der Waals surface area contributed by atoms with E-state index in [2.05, 4.69) is 30.9 Å². The molecule has 0 bridgehead atoms. The van der Waals surface area contributed by atoms with Gasteiger partial charge in [-0.3, -0.25) is 4.79 Å². The Morgan fingerprint density at radius 1 is 1.47 bits per heavy atom. The molecule has 0 saturated carbocycles. The van der Waals surface area contributed by atoms with Crippen LogP contribution in [0, 0.1) is 0 Å². The molecule has 0 aromatic carbocycles. The molecule has 4 N–H and O–H groups in total. The molecule has 0 radical (unpaired) electrons. The van der Waals surface area contributed by atoms with E-state index in [-0.39, 0.29) is 5.82 Å². The zero-order valence-corrected chi connectivity index (χ0v) is 7.51. The number of nitrogens with zero attached hydrogens (tertiary/aromatic N) is 4. The van der Waals surface area contributed by atoms with E-state index in [1.165, 1.54) is 0 Å². The molecule has 76 valence electrons. The van der Waals surface area contributed by atoms with Gasteiger partial charge < -0.3 is 11.1 Å². The summed E-state index contributed by atoms with van der Waals surface area (Å²) in [5.41, 5.74) is 5.44. The average Bonchev–Trinajstić information content (AvgIpc) is 2.70. The molecule has 8 heteroatoms. The summed E-state index contributed by atoms with van der Waals surface area (Å²) in [5.74, 6) is 0.104. The number of nitrogens with one attached hydrogen (secondary N) is 2. The van der Waals surface area contributed by atoms with Crippen molar-refractivity contribution in [2.24, 2.45) is 0 Å². The van der Waals surface area contributed by atoms with E-state index < -0.39 is 5.91 Å². The highest BCUT2D eigenvalue weighted by Crippen LogP contribution is 2.06. The second kappa shape index (κ2) is 3.70.